The first-order valence-corrected chi connectivity index (χ1v) is 10.7. The van der Waals surface area contributed by atoms with Gasteiger partial charge in [0.05, 0.1) is 12.5 Å². The smallest absolute Gasteiger partial charge is 0.329 e. The van der Waals surface area contributed by atoms with Crippen molar-refractivity contribution >= 4 is 46.0 Å². The molecule has 0 spiro atoms. The Morgan fingerprint density at radius 1 is 1.21 bits per heavy atom. The molecule has 2 amide bonds. The number of amides is 2. The number of ether oxygens (including phenoxy) is 1. The summed E-state index contributed by atoms with van der Waals surface area (Å²) in [5, 5.41) is 12.9. The normalized spacial score (nSPS) is 11.4. The molecule has 0 aliphatic heterocycles. The summed E-state index contributed by atoms with van der Waals surface area (Å²) in [4.78, 5) is 41.7. The molecule has 2 N–H and O–H groups in total. The van der Waals surface area contributed by atoms with Gasteiger partial charge in [0.1, 0.15) is 6.04 Å². The Morgan fingerprint density at radius 2 is 2.00 bits per heavy atom. The Labute approximate surface area is 196 Å². The molecule has 1 aromatic heterocycles. The largest absolute Gasteiger partial charge is 0.454 e. The zero-order valence-electron chi connectivity index (χ0n) is 18.0. The summed E-state index contributed by atoms with van der Waals surface area (Å²) in [6.07, 6.45) is 2.07. The third kappa shape index (κ3) is 6.34. The van der Waals surface area contributed by atoms with Gasteiger partial charge < -0.3 is 19.9 Å². The van der Waals surface area contributed by atoms with Gasteiger partial charge in [-0.05, 0) is 29.8 Å². The topological polar surface area (TPSA) is 115 Å². The molecule has 0 aliphatic carbocycles. The fourth-order valence-electron chi connectivity index (χ4n) is 3.47. The van der Waals surface area contributed by atoms with Gasteiger partial charge in [-0.15, -0.1) is 0 Å². The number of hydrogen-bond donors (Lipinski definition) is 2. The number of anilines is 1. The molecule has 0 fully saturated rings. The van der Waals surface area contributed by atoms with Crippen LogP contribution >= 0.6 is 11.6 Å². The zero-order valence-corrected chi connectivity index (χ0v) is 18.8. The van der Waals surface area contributed by atoms with E-state index in [4.69, 9.17) is 21.6 Å². The highest BCUT2D eigenvalue weighted by Gasteiger charge is 2.25. The summed E-state index contributed by atoms with van der Waals surface area (Å²) >= 11 is 6.02. The zero-order chi connectivity index (χ0) is 23.8. The number of halogens is 1. The van der Waals surface area contributed by atoms with Gasteiger partial charge in [0.15, 0.2) is 6.61 Å². The predicted octanol–water partition coefficient (Wildman–Crippen LogP) is 3.36. The highest BCUT2D eigenvalue weighted by atomic mass is 35.5. The summed E-state index contributed by atoms with van der Waals surface area (Å²) in [5.41, 5.74) is 2.24. The molecule has 1 atom stereocenters. The number of aromatic amines is 1. The van der Waals surface area contributed by atoms with Crippen molar-refractivity contribution in [3.05, 3.63) is 65.3 Å². The second-order valence-corrected chi connectivity index (χ2v) is 7.79. The molecular weight excluding hydrogens is 444 g/mol. The lowest BCUT2D eigenvalue weighted by atomic mass is 10.0. The Kier molecular flexibility index (Phi) is 8.06. The minimum absolute atomic E-state index is 0.0985. The Morgan fingerprint density at radius 3 is 2.73 bits per heavy atom. The van der Waals surface area contributed by atoms with Crippen molar-refractivity contribution in [2.24, 2.45) is 0 Å². The number of H-pyrrole nitrogens is 1. The van der Waals surface area contributed by atoms with Gasteiger partial charge in [-0.3, -0.25) is 9.59 Å². The van der Waals surface area contributed by atoms with Crippen molar-refractivity contribution < 1.29 is 19.1 Å². The van der Waals surface area contributed by atoms with E-state index in [2.05, 4.69) is 10.3 Å². The maximum Gasteiger partial charge on any atom is 0.329 e. The van der Waals surface area contributed by atoms with Gasteiger partial charge in [-0.25, -0.2) is 4.79 Å². The van der Waals surface area contributed by atoms with E-state index in [1.165, 1.54) is 11.8 Å². The molecule has 3 aromatic rings. The lowest BCUT2D eigenvalue weighted by Gasteiger charge is -2.23. The van der Waals surface area contributed by atoms with Crippen molar-refractivity contribution in [1.82, 2.24) is 10.3 Å². The number of nitrogens with zero attached hydrogens (tertiary/aromatic N) is 2. The predicted molar refractivity (Wildman–Crippen MR) is 125 cm³/mol. The van der Waals surface area contributed by atoms with Crippen molar-refractivity contribution in [3.63, 3.8) is 0 Å². The van der Waals surface area contributed by atoms with Crippen LogP contribution in [0.5, 0.6) is 0 Å². The van der Waals surface area contributed by atoms with Crippen LogP contribution in [0, 0.1) is 11.3 Å². The Bertz CT molecular complexity index is 1200. The number of carbonyl (C=O) groups excluding carboxylic acids is 3. The minimum Gasteiger partial charge on any atom is -0.454 e. The van der Waals surface area contributed by atoms with Crippen LogP contribution in [-0.2, 0) is 25.5 Å². The molecule has 0 aliphatic rings. The molecule has 33 heavy (non-hydrogen) atoms. The number of para-hydroxylation sites is 1. The highest BCUT2D eigenvalue weighted by molar-refractivity contribution is 6.30. The molecule has 0 radical (unpaired) electrons. The first-order valence-electron chi connectivity index (χ1n) is 10.3. The molecular formula is C24H23ClN4O4. The van der Waals surface area contributed by atoms with Crippen LogP contribution in [0.4, 0.5) is 5.69 Å². The van der Waals surface area contributed by atoms with Gasteiger partial charge in [0, 0.05) is 47.7 Å². The number of nitrogens with one attached hydrogen (secondary N) is 2. The molecule has 8 nitrogen and oxygen atoms in total. The molecule has 9 heteroatoms. The summed E-state index contributed by atoms with van der Waals surface area (Å²) in [6.45, 7) is 0.891. The van der Waals surface area contributed by atoms with Crippen molar-refractivity contribution in [1.29, 1.82) is 5.26 Å². The molecule has 0 saturated carbocycles. The number of aromatic nitrogens is 1. The first-order chi connectivity index (χ1) is 15.9. The van der Waals surface area contributed by atoms with Crippen LogP contribution in [-0.4, -0.2) is 42.0 Å². The molecule has 170 valence electrons. The number of nitriles is 1. The van der Waals surface area contributed by atoms with Crippen LogP contribution in [0.1, 0.15) is 18.9 Å². The van der Waals surface area contributed by atoms with E-state index in [-0.39, 0.29) is 19.4 Å². The van der Waals surface area contributed by atoms with E-state index < -0.39 is 30.4 Å². The van der Waals surface area contributed by atoms with Crippen LogP contribution < -0.4 is 10.2 Å². The van der Waals surface area contributed by atoms with Crippen LogP contribution in [0.2, 0.25) is 5.02 Å². The van der Waals surface area contributed by atoms with E-state index in [0.29, 0.717) is 10.7 Å². The van der Waals surface area contributed by atoms with E-state index in [1.54, 1.807) is 30.5 Å². The van der Waals surface area contributed by atoms with Crippen molar-refractivity contribution in [2.45, 2.75) is 25.8 Å². The molecule has 0 bridgehead atoms. The second-order valence-electron chi connectivity index (χ2n) is 7.36. The van der Waals surface area contributed by atoms with Gasteiger partial charge in [0.25, 0.3) is 5.91 Å². The Balaban J connectivity index is 1.71. The number of esters is 1. The SMILES string of the molecule is CC(=O)NC(Cc1c[nH]c2ccccc12)C(=O)OCC(=O)N(CCC#N)c1cccc(Cl)c1. The average Bonchev–Trinajstić information content (AvgIpc) is 3.20. The van der Waals surface area contributed by atoms with Gasteiger partial charge >= 0.3 is 5.97 Å². The van der Waals surface area contributed by atoms with E-state index >= 15 is 0 Å². The van der Waals surface area contributed by atoms with Crippen LogP contribution in [0.3, 0.4) is 0 Å². The quantitative estimate of drug-likeness (QED) is 0.469. The van der Waals surface area contributed by atoms with E-state index in [0.717, 1.165) is 16.5 Å². The fourth-order valence-corrected chi connectivity index (χ4v) is 3.66. The Hall–Kier alpha value is -3.83. The first kappa shape index (κ1) is 23.8. The third-order valence-electron chi connectivity index (χ3n) is 4.97. The average molecular weight is 467 g/mol. The monoisotopic (exact) mass is 466 g/mol. The maximum atomic E-state index is 12.8. The fraction of sp³-hybridized carbons (Fsp3) is 0.250. The van der Waals surface area contributed by atoms with Crippen LogP contribution in [0.15, 0.2) is 54.7 Å². The summed E-state index contributed by atoms with van der Waals surface area (Å²) in [5.74, 6) is -1.62. The standard InChI is InChI=1S/C24H23ClN4O4/c1-16(30)28-22(12-17-14-27-21-9-3-2-8-20(17)21)24(32)33-15-23(31)29(11-5-10-26)19-7-4-6-18(25)13-19/h2-4,6-9,13-14,22,27H,5,11-12,15H2,1H3,(H,28,30). The minimum atomic E-state index is -0.965. The number of rotatable bonds is 9. The van der Waals surface area contributed by atoms with Crippen LogP contribution in [0.25, 0.3) is 10.9 Å². The number of benzene rings is 2. The van der Waals surface area contributed by atoms with Gasteiger partial charge in [-0.2, -0.15) is 5.26 Å². The lowest BCUT2D eigenvalue weighted by Crippen LogP contribution is -2.44. The maximum absolute atomic E-state index is 12.8. The van der Waals surface area contributed by atoms with Crippen molar-refractivity contribution in [2.75, 3.05) is 18.1 Å². The third-order valence-corrected chi connectivity index (χ3v) is 5.20. The van der Waals surface area contributed by atoms with Crippen molar-refractivity contribution in [3.8, 4) is 6.07 Å². The van der Waals surface area contributed by atoms with Gasteiger partial charge in [-0.1, -0.05) is 35.9 Å². The summed E-state index contributed by atoms with van der Waals surface area (Å²) in [6, 6.07) is 15.3. The second kappa shape index (κ2) is 11.2. The summed E-state index contributed by atoms with van der Waals surface area (Å²) in [7, 11) is 0. The molecule has 1 unspecified atom stereocenters. The number of hydrogen-bond acceptors (Lipinski definition) is 5. The highest BCUT2D eigenvalue weighted by Crippen LogP contribution is 2.21. The van der Waals surface area contributed by atoms with Gasteiger partial charge in [0.2, 0.25) is 5.91 Å². The van der Waals surface area contributed by atoms with E-state index in [1.807, 2.05) is 30.3 Å². The number of fused-ring (bicyclic) bond motifs is 1. The molecule has 3 rings (SSSR count). The summed E-state index contributed by atoms with van der Waals surface area (Å²) < 4.78 is 5.27. The number of carbonyl (C=O) groups is 3. The molecule has 2 aromatic carbocycles. The lowest BCUT2D eigenvalue weighted by molar-refractivity contribution is -0.151. The molecule has 1 heterocycles. The van der Waals surface area contributed by atoms with E-state index in [9.17, 15) is 14.4 Å². The molecule has 0 saturated heterocycles.